The summed E-state index contributed by atoms with van der Waals surface area (Å²) in [6, 6.07) is 20.0. The molecule has 6 nitrogen and oxygen atoms in total. The summed E-state index contributed by atoms with van der Waals surface area (Å²) in [5, 5.41) is 12.9. The zero-order valence-corrected chi connectivity index (χ0v) is 18.2. The molecule has 0 atom stereocenters. The van der Waals surface area contributed by atoms with Gasteiger partial charge in [-0.15, -0.1) is 11.3 Å². The first-order valence-electron chi connectivity index (χ1n) is 9.62. The van der Waals surface area contributed by atoms with Gasteiger partial charge in [-0.05, 0) is 40.8 Å². The summed E-state index contributed by atoms with van der Waals surface area (Å²) in [5.41, 5.74) is 2.65. The molecule has 0 radical (unpaired) electrons. The Hall–Kier alpha value is -3.75. The number of hydrogen-bond donors (Lipinski definition) is 1. The lowest BCUT2D eigenvalue weighted by atomic mass is 10.1. The maximum absolute atomic E-state index is 12.6. The second-order valence-electron chi connectivity index (χ2n) is 6.86. The molecule has 2 aliphatic heterocycles. The molecular weight excluding hydrogens is 442 g/mol. The number of thioether (sulfide) groups is 1. The van der Waals surface area contributed by atoms with Gasteiger partial charge in [-0.1, -0.05) is 60.3 Å². The lowest BCUT2D eigenvalue weighted by Gasteiger charge is -2.26. The summed E-state index contributed by atoms with van der Waals surface area (Å²) in [5.74, 6) is -0.386. The molecule has 0 saturated carbocycles. The summed E-state index contributed by atoms with van der Waals surface area (Å²) in [6.07, 6.45) is 1.63. The van der Waals surface area contributed by atoms with Crippen molar-refractivity contribution in [2.45, 2.75) is 0 Å². The van der Waals surface area contributed by atoms with Gasteiger partial charge in [-0.3, -0.25) is 15.1 Å². The van der Waals surface area contributed by atoms with Crippen LogP contribution in [0.4, 0.5) is 0 Å². The van der Waals surface area contributed by atoms with E-state index < -0.39 is 11.9 Å². The number of aliphatic imine (C=N–C) groups is 1. The monoisotopic (exact) mass is 457 g/mol. The topological polar surface area (TPSA) is 82.8 Å². The van der Waals surface area contributed by atoms with Crippen LogP contribution in [0.1, 0.15) is 20.8 Å². The minimum absolute atomic E-state index is 0.0771. The van der Waals surface area contributed by atoms with Gasteiger partial charge in [0.1, 0.15) is 16.5 Å². The zero-order valence-electron chi connectivity index (χ0n) is 16.5. The third kappa shape index (κ3) is 3.81. The van der Waals surface area contributed by atoms with Gasteiger partial charge in [0.15, 0.2) is 5.17 Å². The number of carbonyl (C=O) groups excluding carboxylic acids is 2. The molecule has 3 aromatic rings. The minimum atomic E-state index is -0.454. The fourth-order valence-corrected chi connectivity index (χ4v) is 4.75. The maximum atomic E-state index is 12.6. The molecule has 0 spiro atoms. The molecule has 5 rings (SSSR count). The van der Waals surface area contributed by atoms with E-state index in [4.69, 9.17) is 10.1 Å². The van der Waals surface area contributed by atoms with Crippen LogP contribution in [-0.4, -0.2) is 27.8 Å². The van der Waals surface area contributed by atoms with E-state index in [1.54, 1.807) is 47.4 Å². The molecule has 1 amide bonds. The van der Waals surface area contributed by atoms with Gasteiger partial charge in [0.25, 0.3) is 5.91 Å². The van der Waals surface area contributed by atoms with Crippen LogP contribution >= 0.6 is 23.1 Å². The fourth-order valence-electron chi connectivity index (χ4n) is 3.27. The summed E-state index contributed by atoms with van der Waals surface area (Å²) in [7, 11) is 0. The van der Waals surface area contributed by atoms with Gasteiger partial charge < -0.3 is 4.74 Å². The number of carbonyl (C=O) groups is 2. The average Bonchev–Trinajstić information content (AvgIpc) is 3.49. The first kappa shape index (κ1) is 20.2. The number of nitrogens with one attached hydrogen (secondary N) is 1. The van der Waals surface area contributed by atoms with Crippen molar-refractivity contribution in [1.29, 1.82) is 5.41 Å². The number of esters is 1. The van der Waals surface area contributed by atoms with Crippen molar-refractivity contribution in [3.63, 3.8) is 0 Å². The molecule has 3 heterocycles. The molecule has 0 unspecified atom stereocenters. The summed E-state index contributed by atoms with van der Waals surface area (Å²) in [4.78, 5) is 31.1. The highest BCUT2D eigenvalue weighted by atomic mass is 32.2. The molecule has 2 aliphatic rings. The quantitative estimate of drug-likeness (QED) is 0.328. The Labute approximate surface area is 192 Å². The molecule has 0 aliphatic carbocycles. The van der Waals surface area contributed by atoms with Gasteiger partial charge >= 0.3 is 5.97 Å². The maximum Gasteiger partial charge on any atom is 0.353 e. The average molecular weight is 458 g/mol. The Balaban J connectivity index is 1.38. The van der Waals surface area contributed by atoms with Crippen molar-refractivity contribution in [3.8, 4) is 5.75 Å². The van der Waals surface area contributed by atoms with Gasteiger partial charge in [0.05, 0.1) is 11.3 Å². The Kier molecular flexibility index (Phi) is 5.30. The number of rotatable bonds is 4. The smallest absolute Gasteiger partial charge is 0.353 e. The van der Waals surface area contributed by atoms with Crippen LogP contribution in [0.5, 0.6) is 5.75 Å². The van der Waals surface area contributed by atoms with Crippen molar-refractivity contribution < 1.29 is 14.3 Å². The molecule has 0 bridgehead atoms. The van der Waals surface area contributed by atoms with Crippen molar-refractivity contribution in [3.05, 3.63) is 99.1 Å². The SMILES string of the molecule is N=C1/C(=C/c2ccc(OC(=O)c3cccs3)cc2)C(=O)N=C2SC=C(c3ccccc3)N12. The minimum Gasteiger partial charge on any atom is -0.422 e. The lowest BCUT2D eigenvalue weighted by Crippen LogP contribution is -2.38. The number of hydrogen-bond acceptors (Lipinski definition) is 6. The van der Waals surface area contributed by atoms with Crippen LogP contribution in [0.2, 0.25) is 0 Å². The van der Waals surface area contributed by atoms with Crippen molar-refractivity contribution >= 4 is 57.8 Å². The Morgan fingerprint density at radius 3 is 2.53 bits per heavy atom. The Morgan fingerprint density at radius 1 is 1.03 bits per heavy atom. The van der Waals surface area contributed by atoms with E-state index in [0.717, 1.165) is 11.3 Å². The summed E-state index contributed by atoms with van der Waals surface area (Å²) in [6.45, 7) is 0. The predicted octanol–water partition coefficient (Wildman–Crippen LogP) is 5.27. The van der Waals surface area contributed by atoms with Crippen LogP contribution in [0.25, 0.3) is 11.8 Å². The van der Waals surface area contributed by atoms with E-state index in [9.17, 15) is 9.59 Å². The van der Waals surface area contributed by atoms with Crippen molar-refractivity contribution in [2.24, 2.45) is 4.99 Å². The molecule has 8 heteroatoms. The van der Waals surface area contributed by atoms with Crippen LogP contribution < -0.4 is 4.74 Å². The molecule has 156 valence electrons. The number of amidine groups is 2. The number of amides is 1. The van der Waals surface area contributed by atoms with E-state index >= 15 is 0 Å². The highest BCUT2D eigenvalue weighted by molar-refractivity contribution is 8.17. The molecular formula is C24H15N3O3S2. The van der Waals surface area contributed by atoms with Crippen LogP contribution in [-0.2, 0) is 4.79 Å². The standard InChI is InChI=1S/C24H15N3O3S2/c25-21-18(13-15-8-10-17(11-9-15)30-23(29)20-7-4-12-31-20)22(28)26-24-27(21)19(14-32-24)16-5-2-1-3-6-16/h1-14,25H/b18-13-,25-21?. The molecule has 1 N–H and O–H groups in total. The number of benzene rings is 2. The second-order valence-corrected chi connectivity index (χ2v) is 8.65. The first-order valence-corrected chi connectivity index (χ1v) is 11.4. The normalized spacial score (nSPS) is 16.6. The van der Waals surface area contributed by atoms with E-state index in [1.165, 1.54) is 23.1 Å². The largest absolute Gasteiger partial charge is 0.422 e. The van der Waals surface area contributed by atoms with Gasteiger partial charge in [0, 0.05) is 5.41 Å². The van der Waals surface area contributed by atoms with Gasteiger partial charge in [-0.2, -0.15) is 4.99 Å². The molecule has 2 aromatic carbocycles. The lowest BCUT2D eigenvalue weighted by molar-refractivity contribution is -0.114. The third-order valence-corrected chi connectivity index (χ3v) is 6.48. The first-order chi connectivity index (χ1) is 15.6. The predicted molar refractivity (Wildman–Crippen MR) is 128 cm³/mol. The number of nitrogens with zero attached hydrogens (tertiary/aromatic N) is 2. The molecule has 0 fully saturated rings. The number of thiophene rings is 1. The van der Waals surface area contributed by atoms with Gasteiger partial charge in [0.2, 0.25) is 0 Å². The van der Waals surface area contributed by atoms with Crippen LogP contribution in [0.15, 0.2) is 88.1 Å². The molecule has 1 aromatic heterocycles. The summed E-state index contributed by atoms with van der Waals surface area (Å²) >= 11 is 2.64. The summed E-state index contributed by atoms with van der Waals surface area (Å²) < 4.78 is 5.37. The van der Waals surface area contributed by atoms with Crippen molar-refractivity contribution in [2.75, 3.05) is 0 Å². The van der Waals surface area contributed by atoms with E-state index in [2.05, 4.69) is 4.99 Å². The Morgan fingerprint density at radius 2 is 1.81 bits per heavy atom. The zero-order chi connectivity index (χ0) is 22.1. The molecule has 0 saturated heterocycles. The van der Waals surface area contributed by atoms with Gasteiger partial charge in [-0.25, -0.2) is 4.79 Å². The van der Waals surface area contributed by atoms with E-state index in [-0.39, 0.29) is 11.4 Å². The third-order valence-electron chi connectivity index (χ3n) is 4.81. The van der Waals surface area contributed by atoms with E-state index in [1.807, 2.05) is 41.1 Å². The molecule has 32 heavy (non-hydrogen) atoms. The van der Waals surface area contributed by atoms with Crippen molar-refractivity contribution in [1.82, 2.24) is 4.90 Å². The van der Waals surface area contributed by atoms with Crippen LogP contribution in [0, 0.1) is 5.41 Å². The van der Waals surface area contributed by atoms with Crippen LogP contribution in [0.3, 0.4) is 0 Å². The number of ether oxygens (including phenoxy) is 1. The highest BCUT2D eigenvalue weighted by Crippen LogP contribution is 2.37. The fraction of sp³-hybridized carbons (Fsp3) is 0. The second kappa shape index (κ2) is 8.41. The highest BCUT2D eigenvalue weighted by Gasteiger charge is 2.36. The van der Waals surface area contributed by atoms with E-state index in [0.29, 0.717) is 21.4 Å². The Bertz CT molecular complexity index is 1310. The number of fused-ring (bicyclic) bond motifs is 1.